The number of carbonyl (C=O) groups excluding carboxylic acids is 1. The highest BCUT2D eigenvalue weighted by atomic mass is 16.5. The van der Waals surface area contributed by atoms with Crippen LogP contribution in [0.4, 0.5) is 0 Å². The predicted octanol–water partition coefficient (Wildman–Crippen LogP) is -2.49. The molecule has 2 rings (SSSR count). The second-order valence-corrected chi connectivity index (χ2v) is 4.02. The minimum atomic E-state index is -0.426. The van der Waals surface area contributed by atoms with Gasteiger partial charge in [-0.25, -0.2) is 0 Å². The first-order chi connectivity index (χ1) is 7.20. The van der Waals surface area contributed by atoms with E-state index in [1.807, 2.05) is 4.90 Å². The van der Waals surface area contributed by atoms with Gasteiger partial charge < -0.3 is 20.9 Å². The van der Waals surface area contributed by atoms with Gasteiger partial charge in [0.2, 0.25) is 5.91 Å². The highest BCUT2D eigenvalue weighted by Crippen LogP contribution is 2.16. The number of rotatable bonds is 2. The van der Waals surface area contributed by atoms with Crippen molar-refractivity contribution >= 4 is 5.91 Å². The molecule has 0 aliphatic carbocycles. The average Bonchev–Trinajstić information content (AvgIpc) is 2.64. The molecule has 3 unspecified atom stereocenters. The quantitative estimate of drug-likeness (QED) is 0.474. The van der Waals surface area contributed by atoms with E-state index in [0.717, 1.165) is 0 Å². The number of hydrogen-bond acceptors (Lipinski definition) is 5. The zero-order valence-corrected chi connectivity index (χ0v) is 8.56. The molecule has 2 aliphatic rings. The van der Waals surface area contributed by atoms with Gasteiger partial charge in [0.15, 0.2) is 0 Å². The maximum atomic E-state index is 11.2. The summed E-state index contributed by atoms with van der Waals surface area (Å²) in [7, 11) is 0. The Morgan fingerprint density at radius 3 is 2.93 bits per heavy atom. The minimum Gasteiger partial charge on any atom is -0.390 e. The van der Waals surface area contributed by atoms with Crippen molar-refractivity contribution in [2.75, 3.05) is 32.8 Å². The zero-order valence-electron chi connectivity index (χ0n) is 8.56. The predicted molar refractivity (Wildman–Crippen MR) is 53.2 cm³/mol. The van der Waals surface area contributed by atoms with Crippen LogP contribution in [-0.4, -0.2) is 66.9 Å². The Morgan fingerprint density at radius 2 is 2.33 bits per heavy atom. The molecule has 0 aromatic rings. The van der Waals surface area contributed by atoms with Gasteiger partial charge in [-0.15, -0.1) is 0 Å². The normalized spacial score (nSPS) is 38.1. The van der Waals surface area contributed by atoms with E-state index in [0.29, 0.717) is 32.8 Å². The third-order valence-electron chi connectivity index (χ3n) is 3.08. The molecule has 0 aromatic carbocycles. The van der Waals surface area contributed by atoms with Crippen LogP contribution in [0.3, 0.4) is 0 Å². The fourth-order valence-electron chi connectivity index (χ4n) is 2.25. The summed E-state index contributed by atoms with van der Waals surface area (Å²) < 4.78 is 5.22. The molecule has 15 heavy (non-hydrogen) atoms. The summed E-state index contributed by atoms with van der Waals surface area (Å²) in [6, 6.07) is -0.426. The zero-order chi connectivity index (χ0) is 10.8. The van der Waals surface area contributed by atoms with Crippen molar-refractivity contribution in [3.63, 3.8) is 0 Å². The highest BCUT2D eigenvalue weighted by molar-refractivity contribution is 5.80. The molecule has 6 nitrogen and oxygen atoms in total. The van der Waals surface area contributed by atoms with Gasteiger partial charge in [0, 0.05) is 19.6 Å². The van der Waals surface area contributed by atoms with E-state index in [1.54, 1.807) is 0 Å². The number of nitrogens with two attached hydrogens (primary N) is 1. The van der Waals surface area contributed by atoms with Crippen molar-refractivity contribution in [1.82, 2.24) is 10.2 Å². The van der Waals surface area contributed by atoms with Crippen molar-refractivity contribution < 1.29 is 14.6 Å². The third-order valence-corrected chi connectivity index (χ3v) is 3.08. The third kappa shape index (κ3) is 2.12. The first-order valence-electron chi connectivity index (χ1n) is 5.21. The molecule has 0 aromatic heterocycles. The van der Waals surface area contributed by atoms with Crippen LogP contribution < -0.4 is 11.1 Å². The molecule has 0 bridgehead atoms. The number of primary amides is 1. The van der Waals surface area contributed by atoms with Gasteiger partial charge in [-0.3, -0.25) is 9.69 Å². The highest BCUT2D eigenvalue weighted by Gasteiger charge is 2.38. The van der Waals surface area contributed by atoms with Crippen LogP contribution in [0.2, 0.25) is 0 Å². The minimum absolute atomic E-state index is 0.0219. The summed E-state index contributed by atoms with van der Waals surface area (Å²) in [6.45, 7) is 2.85. The Balaban J connectivity index is 2.06. The van der Waals surface area contributed by atoms with Crippen LogP contribution in [0, 0.1) is 0 Å². The topological polar surface area (TPSA) is 87.8 Å². The number of nitrogens with zero attached hydrogens (tertiary/aromatic N) is 1. The SMILES string of the molecule is NC(=O)C1COCCN1C1CNCC1O. The lowest BCUT2D eigenvalue weighted by atomic mass is 10.1. The molecule has 6 heteroatoms. The fourth-order valence-corrected chi connectivity index (χ4v) is 2.25. The van der Waals surface area contributed by atoms with Gasteiger partial charge >= 0.3 is 0 Å². The van der Waals surface area contributed by atoms with E-state index in [2.05, 4.69) is 5.32 Å². The lowest BCUT2D eigenvalue weighted by Gasteiger charge is -2.38. The maximum Gasteiger partial charge on any atom is 0.237 e. The molecule has 2 aliphatic heterocycles. The van der Waals surface area contributed by atoms with E-state index < -0.39 is 12.1 Å². The Labute approximate surface area is 88.4 Å². The smallest absolute Gasteiger partial charge is 0.237 e. The van der Waals surface area contributed by atoms with Gasteiger partial charge in [0.1, 0.15) is 6.04 Å². The van der Waals surface area contributed by atoms with Gasteiger partial charge in [-0.2, -0.15) is 0 Å². The summed E-state index contributed by atoms with van der Waals surface area (Å²) in [6.07, 6.45) is -0.426. The molecule has 2 fully saturated rings. The molecular weight excluding hydrogens is 198 g/mol. The maximum absolute atomic E-state index is 11.2. The summed E-state index contributed by atoms with van der Waals surface area (Å²) in [5, 5.41) is 12.8. The van der Waals surface area contributed by atoms with Crippen molar-refractivity contribution in [3.8, 4) is 0 Å². The number of aliphatic hydroxyl groups excluding tert-OH is 1. The number of hydrogen-bond donors (Lipinski definition) is 3. The standard InChI is InChI=1S/C9H17N3O3/c10-9(14)7-5-15-2-1-12(7)6-3-11-4-8(6)13/h6-8,11,13H,1-5H2,(H2,10,14). The Bertz CT molecular complexity index is 249. The first-order valence-corrected chi connectivity index (χ1v) is 5.21. The van der Waals surface area contributed by atoms with Crippen LogP contribution in [-0.2, 0) is 9.53 Å². The molecule has 1 amide bonds. The van der Waals surface area contributed by atoms with E-state index in [-0.39, 0.29) is 11.9 Å². The number of amides is 1. The Morgan fingerprint density at radius 1 is 1.53 bits per heavy atom. The second-order valence-electron chi connectivity index (χ2n) is 4.02. The molecule has 0 spiro atoms. The van der Waals surface area contributed by atoms with Crippen molar-refractivity contribution in [2.24, 2.45) is 5.73 Å². The van der Waals surface area contributed by atoms with Gasteiger partial charge in [-0.05, 0) is 0 Å². The number of carbonyl (C=O) groups is 1. The van der Waals surface area contributed by atoms with E-state index >= 15 is 0 Å². The van der Waals surface area contributed by atoms with Crippen molar-refractivity contribution in [2.45, 2.75) is 18.2 Å². The molecule has 2 heterocycles. The van der Waals surface area contributed by atoms with Crippen LogP contribution >= 0.6 is 0 Å². The molecule has 86 valence electrons. The van der Waals surface area contributed by atoms with E-state index in [9.17, 15) is 9.90 Å². The fraction of sp³-hybridized carbons (Fsp3) is 0.889. The first kappa shape index (κ1) is 10.8. The summed E-state index contributed by atoms with van der Waals surface area (Å²) >= 11 is 0. The molecule has 4 N–H and O–H groups in total. The number of β-amino-alcohol motifs (C(OH)–C–C–N with tert-alkyl or cyclic N) is 1. The average molecular weight is 215 g/mol. The summed E-state index contributed by atoms with van der Waals surface area (Å²) in [5.41, 5.74) is 5.31. The number of morpholine rings is 1. The van der Waals surface area contributed by atoms with Gasteiger partial charge in [-0.1, -0.05) is 0 Å². The van der Waals surface area contributed by atoms with Crippen molar-refractivity contribution in [1.29, 1.82) is 0 Å². The van der Waals surface area contributed by atoms with E-state index in [1.165, 1.54) is 0 Å². The Hall–Kier alpha value is -0.690. The van der Waals surface area contributed by atoms with Crippen molar-refractivity contribution in [3.05, 3.63) is 0 Å². The van der Waals surface area contributed by atoms with Crippen LogP contribution in [0.1, 0.15) is 0 Å². The summed E-state index contributed by atoms with van der Waals surface area (Å²) in [5.74, 6) is -0.381. The largest absolute Gasteiger partial charge is 0.390 e. The molecule has 0 saturated carbocycles. The molecule has 3 atom stereocenters. The summed E-state index contributed by atoms with van der Waals surface area (Å²) in [4.78, 5) is 13.2. The molecular formula is C9H17N3O3. The van der Waals surface area contributed by atoms with Crippen LogP contribution in [0.15, 0.2) is 0 Å². The van der Waals surface area contributed by atoms with Crippen LogP contribution in [0.5, 0.6) is 0 Å². The monoisotopic (exact) mass is 215 g/mol. The van der Waals surface area contributed by atoms with Gasteiger partial charge in [0.25, 0.3) is 0 Å². The van der Waals surface area contributed by atoms with Crippen LogP contribution in [0.25, 0.3) is 0 Å². The lowest BCUT2D eigenvalue weighted by Crippen LogP contribution is -2.59. The number of aliphatic hydroxyl groups is 1. The lowest BCUT2D eigenvalue weighted by molar-refractivity contribution is -0.132. The number of nitrogens with one attached hydrogen (secondary N) is 1. The van der Waals surface area contributed by atoms with Gasteiger partial charge in [0.05, 0.1) is 25.4 Å². The molecule has 0 radical (unpaired) electrons. The molecule has 2 saturated heterocycles. The second kappa shape index (κ2) is 4.44. The van der Waals surface area contributed by atoms with E-state index in [4.69, 9.17) is 10.5 Å². The Kier molecular flexibility index (Phi) is 3.20. The number of ether oxygens (including phenoxy) is 1.